The number of rotatable bonds is 4. The van der Waals surface area contributed by atoms with Crippen molar-refractivity contribution in [3.05, 3.63) is 24.3 Å². The topological polar surface area (TPSA) is 79.2 Å². The van der Waals surface area contributed by atoms with Gasteiger partial charge in [-0.1, -0.05) is 19.1 Å². The van der Waals surface area contributed by atoms with Crippen LogP contribution in [0.2, 0.25) is 0 Å². The van der Waals surface area contributed by atoms with Gasteiger partial charge in [0.25, 0.3) is 0 Å². The number of anilines is 1. The molecule has 2 heterocycles. The van der Waals surface area contributed by atoms with Gasteiger partial charge in [0.15, 0.2) is 5.82 Å². The fourth-order valence-corrected chi connectivity index (χ4v) is 4.83. The van der Waals surface area contributed by atoms with Crippen LogP contribution in [0.3, 0.4) is 0 Å². The Bertz CT molecular complexity index is 851. The molecule has 2 amide bonds. The van der Waals surface area contributed by atoms with Crippen LogP contribution in [0.25, 0.3) is 11.4 Å². The Kier molecular flexibility index (Phi) is 6.32. The first-order chi connectivity index (χ1) is 14.5. The average Bonchev–Trinajstić information content (AvgIpc) is 3.20. The number of hydrogen-bond donors (Lipinski definition) is 1. The first-order valence-electron chi connectivity index (χ1n) is 11.1. The van der Waals surface area contributed by atoms with Crippen LogP contribution >= 0.6 is 0 Å². The van der Waals surface area contributed by atoms with Gasteiger partial charge in [0.1, 0.15) is 0 Å². The van der Waals surface area contributed by atoms with Gasteiger partial charge in [-0.25, -0.2) is 9.48 Å². The lowest BCUT2D eigenvalue weighted by Gasteiger charge is -2.42. The number of carbonyl (C=O) groups excluding carboxylic acids is 1. The van der Waals surface area contributed by atoms with Gasteiger partial charge in [0, 0.05) is 50.5 Å². The van der Waals surface area contributed by atoms with Crippen LogP contribution < -0.4 is 5.32 Å². The summed E-state index contributed by atoms with van der Waals surface area (Å²) in [4.78, 5) is 17.4. The Morgan fingerprint density at radius 3 is 2.53 bits per heavy atom. The quantitative estimate of drug-likeness (QED) is 0.834. The zero-order valence-electron chi connectivity index (χ0n) is 18.3. The number of likely N-dealkylation sites (tertiary alicyclic amines) is 1. The molecule has 1 aliphatic heterocycles. The van der Waals surface area contributed by atoms with Gasteiger partial charge in [-0.15, -0.1) is 5.10 Å². The fraction of sp³-hybridized carbons (Fsp3) is 0.636. The second-order valence-electron chi connectivity index (χ2n) is 8.93. The van der Waals surface area contributed by atoms with Gasteiger partial charge in [-0.05, 0) is 67.0 Å². The maximum absolute atomic E-state index is 12.9. The van der Waals surface area contributed by atoms with Gasteiger partial charge >= 0.3 is 6.03 Å². The van der Waals surface area contributed by atoms with Gasteiger partial charge in [0.05, 0.1) is 0 Å². The number of benzene rings is 1. The van der Waals surface area contributed by atoms with Crippen LogP contribution in [-0.4, -0.2) is 68.3 Å². The lowest BCUT2D eigenvalue weighted by Crippen LogP contribution is -2.50. The molecular formula is C22H33N7O. The van der Waals surface area contributed by atoms with Crippen LogP contribution in [-0.2, 0) is 7.05 Å². The van der Waals surface area contributed by atoms with Crippen molar-refractivity contribution in [1.29, 1.82) is 0 Å². The van der Waals surface area contributed by atoms with Crippen LogP contribution in [0.5, 0.6) is 0 Å². The molecule has 1 saturated heterocycles. The summed E-state index contributed by atoms with van der Waals surface area (Å²) in [5, 5.41) is 14.6. The van der Waals surface area contributed by atoms with E-state index in [0.29, 0.717) is 5.82 Å². The first kappa shape index (κ1) is 20.8. The molecule has 2 fully saturated rings. The van der Waals surface area contributed by atoms with E-state index in [1.54, 1.807) is 11.7 Å². The van der Waals surface area contributed by atoms with Crippen molar-refractivity contribution in [2.45, 2.75) is 57.5 Å². The molecular weight excluding hydrogens is 378 g/mol. The predicted molar refractivity (Wildman–Crippen MR) is 117 cm³/mol. The lowest BCUT2D eigenvalue weighted by atomic mass is 9.85. The molecule has 1 aromatic heterocycles. The normalized spacial score (nSPS) is 23.3. The molecule has 162 valence electrons. The van der Waals surface area contributed by atoms with E-state index in [2.05, 4.69) is 32.7 Å². The SMILES string of the molecule is CC1CCC(N2CCC(N(C)C(=O)Nc3cccc(-c4nnnn4C)c3)CC2)CC1. The summed E-state index contributed by atoms with van der Waals surface area (Å²) in [7, 11) is 3.71. The van der Waals surface area contributed by atoms with Crippen molar-refractivity contribution < 1.29 is 4.79 Å². The van der Waals surface area contributed by atoms with Gasteiger partial charge < -0.3 is 15.1 Å². The molecule has 30 heavy (non-hydrogen) atoms. The molecule has 4 rings (SSSR count). The third kappa shape index (κ3) is 4.64. The summed E-state index contributed by atoms with van der Waals surface area (Å²) >= 11 is 0. The third-order valence-corrected chi connectivity index (χ3v) is 6.86. The van der Waals surface area contributed by atoms with E-state index in [0.717, 1.165) is 49.1 Å². The minimum absolute atomic E-state index is 0.0619. The number of carbonyl (C=O) groups is 1. The molecule has 0 bridgehead atoms. The van der Waals surface area contributed by atoms with Crippen LogP contribution in [0, 0.1) is 5.92 Å². The van der Waals surface area contributed by atoms with Crippen LogP contribution in [0.15, 0.2) is 24.3 Å². The number of aryl methyl sites for hydroxylation is 1. The number of aromatic nitrogens is 4. The maximum atomic E-state index is 12.9. The molecule has 1 N–H and O–H groups in total. The molecule has 8 heteroatoms. The van der Waals surface area contributed by atoms with E-state index < -0.39 is 0 Å². The smallest absolute Gasteiger partial charge is 0.321 e. The van der Waals surface area contributed by atoms with Crippen molar-refractivity contribution >= 4 is 11.7 Å². The minimum Gasteiger partial charge on any atom is -0.325 e. The number of tetrazole rings is 1. The highest BCUT2D eigenvalue weighted by atomic mass is 16.2. The Morgan fingerprint density at radius 2 is 1.87 bits per heavy atom. The Labute approximate surface area is 178 Å². The zero-order chi connectivity index (χ0) is 21.1. The summed E-state index contributed by atoms with van der Waals surface area (Å²) in [6.07, 6.45) is 7.47. The molecule has 1 aromatic carbocycles. The van der Waals surface area contributed by atoms with Crippen molar-refractivity contribution in [3.63, 3.8) is 0 Å². The minimum atomic E-state index is -0.0619. The van der Waals surface area contributed by atoms with Crippen LogP contribution in [0.1, 0.15) is 45.4 Å². The molecule has 2 aliphatic rings. The molecule has 0 unspecified atom stereocenters. The first-order valence-corrected chi connectivity index (χ1v) is 11.1. The third-order valence-electron chi connectivity index (χ3n) is 6.86. The Hall–Kier alpha value is -2.48. The molecule has 0 spiro atoms. The molecule has 8 nitrogen and oxygen atoms in total. The summed E-state index contributed by atoms with van der Waals surface area (Å²) < 4.78 is 1.62. The maximum Gasteiger partial charge on any atom is 0.321 e. The standard InChI is InChI=1S/C22H33N7O/c1-16-7-9-20(10-8-16)29-13-11-19(12-14-29)27(2)22(30)23-18-6-4-5-17(15-18)21-24-25-26-28(21)3/h4-6,15-16,19-20H,7-14H2,1-3H3,(H,23,30). The van der Waals surface area contributed by atoms with E-state index in [9.17, 15) is 4.79 Å². The van der Waals surface area contributed by atoms with Crippen LogP contribution in [0.4, 0.5) is 10.5 Å². The highest BCUT2D eigenvalue weighted by Crippen LogP contribution is 2.29. The van der Waals surface area contributed by atoms with Crippen molar-refractivity contribution in [1.82, 2.24) is 30.0 Å². The molecule has 1 aliphatic carbocycles. The lowest BCUT2D eigenvalue weighted by molar-refractivity contribution is 0.0844. The largest absolute Gasteiger partial charge is 0.325 e. The number of urea groups is 1. The van der Waals surface area contributed by atoms with Gasteiger partial charge in [0.2, 0.25) is 0 Å². The highest BCUT2D eigenvalue weighted by Gasteiger charge is 2.30. The fourth-order valence-electron chi connectivity index (χ4n) is 4.83. The van der Waals surface area contributed by atoms with E-state index in [1.165, 1.54) is 25.7 Å². The van der Waals surface area contributed by atoms with E-state index in [1.807, 2.05) is 36.2 Å². The monoisotopic (exact) mass is 411 g/mol. The number of amides is 2. The van der Waals surface area contributed by atoms with Crippen molar-refractivity contribution in [3.8, 4) is 11.4 Å². The van der Waals surface area contributed by atoms with E-state index in [-0.39, 0.29) is 12.1 Å². The highest BCUT2D eigenvalue weighted by molar-refractivity contribution is 5.90. The number of piperidine rings is 1. The Balaban J connectivity index is 1.31. The van der Waals surface area contributed by atoms with Crippen molar-refractivity contribution in [2.24, 2.45) is 13.0 Å². The second kappa shape index (κ2) is 9.12. The van der Waals surface area contributed by atoms with E-state index >= 15 is 0 Å². The predicted octanol–water partition coefficient (Wildman–Crippen LogP) is 3.38. The van der Waals surface area contributed by atoms with Gasteiger partial charge in [-0.2, -0.15) is 0 Å². The van der Waals surface area contributed by atoms with Crippen molar-refractivity contribution in [2.75, 3.05) is 25.5 Å². The molecule has 1 saturated carbocycles. The van der Waals surface area contributed by atoms with Gasteiger partial charge in [-0.3, -0.25) is 0 Å². The molecule has 2 aromatic rings. The summed E-state index contributed by atoms with van der Waals surface area (Å²) in [5.41, 5.74) is 1.62. The molecule has 0 atom stereocenters. The van der Waals surface area contributed by atoms with E-state index in [4.69, 9.17) is 0 Å². The number of nitrogens with zero attached hydrogens (tertiary/aromatic N) is 6. The summed E-state index contributed by atoms with van der Waals surface area (Å²) in [5.74, 6) is 1.56. The number of nitrogens with one attached hydrogen (secondary N) is 1. The summed E-state index contributed by atoms with van der Waals surface area (Å²) in [6, 6.07) is 8.62. The number of hydrogen-bond acceptors (Lipinski definition) is 5. The molecule has 0 radical (unpaired) electrons. The average molecular weight is 412 g/mol. The second-order valence-corrected chi connectivity index (χ2v) is 8.93. The summed E-state index contributed by atoms with van der Waals surface area (Å²) in [6.45, 7) is 4.56. The zero-order valence-corrected chi connectivity index (χ0v) is 18.3. The Morgan fingerprint density at radius 1 is 1.13 bits per heavy atom.